The standard InChI is InChI=1S/C28H39FO7/c1-14-10-18-17-5-4-15-11-16(31)6-7-27(15,3)28(17,29)9-8-26(18,2)22(14)19(32)12-20-23(33)25(35)24(34)21(13-30)36-20/h6-7,11,14,17-18,20-25,30,33-35H,4-5,8-10,12-13H2,1-3H3/t14?,17-,18-,20?,21+,22+,23-,24-,25+,26-,27-,28+/m0/s1. The van der Waals surface area contributed by atoms with Gasteiger partial charge in [-0.05, 0) is 74.3 Å². The van der Waals surface area contributed by atoms with Gasteiger partial charge in [-0.15, -0.1) is 0 Å². The van der Waals surface area contributed by atoms with Crippen LogP contribution in [0.5, 0.6) is 0 Å². The topological polar surface area (TPSA) is 124 Å². The van der Waals surface area contributed by atoms with Crippen LogP contribution in [-0.4, -0.2) is 74.8 Å². The van der Waals surface area contributed by atoms with Crippen molar-refractivity contribution in [1.82, 2.24) is 0 Å². The minimum absolute atomic E-state index is 0.0133. The maximum atomic E-state index is 17.1. The predicted molar refractivity (Wildman–Crippen MR) is 128 cm³/mol. The summed E-state index contributed by atoms with van der Waals surface area (Å²) >= 11 is 0. The molecule has 0 spiro atoms. The molecule has 0 aromatic heterocycles. The number of rotatable bonds is 4. The first-order valence-electron chi connectivity index (χ1n) is 13.3. The van der Waals surface area contributed by atoms with Gasteiger partial charge < -0.3 is 25.2 Å². The normalized spacial score (nSPS) is 52.3. The van der Waals surface area contributed by atoms with Crippen LogP contribution < -0.4 is 0 Å². The number of carbonyl (C=O) groups excluding carboxylic acids is 2. The van der Waals surface area contributed by atoms with E-state index in [2.05, 4.69) is 6.92 Å². The van der Waals surface area contributed by atoms with Gasteiger partial charge in [-0.1, -0.05) is 25.5 Å². The molecule has 4 aliphatic carbocycles. The number of fused-ring (bicyclic) bond motifs is 5. The van der Waals surface area contributed by atoms with Crippen LogP contribution in [0.2, 0.25) is 0 Å². The predicted octanol–water partition coefficient (Wildman–Crippen LogP) is 2.05. The van der Waals surface area contributed by atoms with E-state index >= 15 is 4.39 Å². The molecule has 0 radical (unpaired) electrons. The van der Waals surface area contributed by atoms with Gasteiger partial charge in [0.25, 0.3) is 0 Å². The van der Waals surface area contributed by atoms with E-state index in [1.54, 1.807) is 12.2 Å². The van der Waals surface area contributed by atoms with Crippen LogP contribution in [0, 0.1) is 34.5 Å². The van der Waals surface area contributed by atoms with Crippen molar-refractivity contribution in [3.05, 3.63) is 23.8 Å². The minimum Gasteiger partial charge on any atom is -0.394 e. The maximum Gasteiger partial charge on any atom is 0.178 e. The van der Waals surface area contributed by atoms with Crippen LogP contribution in [0.3, 0.4) is 0 Å². The number of ether oxygens (including phenoxy) is 1. The number of hydrogen-bond donors (Lipinski definition) is 4. The Morgan fingerprint density at radius 2 is 1.81 bits per heavy atom. The fourth-order valence-electron chi connectivity index (χ4n) is 8.81. The molecular formula is C28H39FO7. The lowest BCUT2D eigenvalue weighted by molar-refractivity contribution is -0.230. The molecule has 4 fully saturated rings. The second kappa shape index (κ2) is 8.80. The molecule has 7 nitrogen and oxygen atoms in total. The smallest absolute Gasteiger partial charge is 0.178 e. The Balaban J connectivity index is 1.39. The molecule has 4 N–H and O–H groups in total. The van der Waals surface area contributed by atoms with Crippen LogP contribution in [0.15, 0.2) is 23.8 Å². The number of hydrogen-bond acceptors (Lipinski definition) is 7. The molecule has 5 rings (SSSR count). The van der Waals surface area contributed by atoms with E-state index in [0.29, 0.717) is 25.7 Å². The average molecular weight is 507 g/mol. The van der Waals surface area contributed by atoms with Gasteiger partial charge in [0.1, 0.15) is 35.9 Å². The van der Waals surface area contributed by atoms with Gasteiger partial charge in [0.2, 0.25) is 0 Å². The Kier molecular flexibility index (Phi) is 6.40. The molecular weight excluding hydrogens is 467 g/mol. The van der Waals surface area contributed by atoms with Crippen LogP contribution in [-0.2, 0) is 14.3 Å². The van der Waals surface area contributed by atoms with Crippen molar-refractivity contribution in [3.63, 3.8) is 0 Å². The third-order valence-corrected chi connectivity index (χ3v) is 10.7. The molecule has 3 saturated carbocycles. The fraction of sp³-hybridized carbons (Fsp3) is 0.786. The Morgan fingerprint density at radius 3 is 2.50 bits per heavy atom. The van der Waals surface area contributed by atoms with E-state index in [-0.39, 0.29) is 41.7 Å². The first-order valence-corrected chi connectivity index (χ1v) is 13.3. The molecule has 0 aromatic rings. The summed E-state index contributed by atoms with van der Waals surface area (Å²) in [5.41, 5.74) is -1.82. The van der Waals surface area contributed by atoms with Gasteiger partial charge in [-0.3, -0.25) is 9.59 Å². The largest absolute Gasteiger partial charge is 0.394 e. The number of aliphatic hydroxyl groups is 4. The summed E-state index contributed by atoms with van der Waals surface area (Å²) < 4.78 is 22.7. The molecule has 12 atom stereocenters. The van der Waals surface area contributed by atoms with Crippen molar-refractivity contribution in [2.24, 2.45) is 34.5 Å². The SMILES string of the molecule is CC1C[C@H]2[C@@H]3CCC4=CC(=O)C=C[C@]4(C)[C@@]3(F)CC[C@]2(C)[C@H]1C(=O)CC1O[C@H](CO)[C@H](O)[C@H](O)[C@H]1O. The lowest BCUT2D eigenvalue weighted by Crippen LogP contribution is -2.60. The molecule has 1 aliphatic heterocycles. The molecule has 8 heteroatoms. The average Bonchev–Trinajstić information content (AvgIpc) is 3.10. The van der Waals surface area contributed by atoms with Crippen molar-refractivity contribution < 1.29 is 39.1 Å². The third kappa shape index (κ3) is 3.55. The fourth-order valence-corrected chi connectivity index (χ4v) is 8.81. The quantitative estimate of drug-likeness (QED) is 0.460. The van der Waals surface area contributed by atoms with E-state index < -0.39 is 53.6 Å². The van der Waals surface area contributed by atoms with Crippen molar-refractivity contribution in [1.29, 1.82) is 0 Å². The van der Waals surface area contributed by atoms with Gasteiger partial charge in [-0.2, -0.15) is 0 Å². The summed E-state index contributed by atoms with van der Waals surface area (Å²) in [5, 5.41) is 40.2. The number of ketones is 2. The van der Waals surface area contributed by atoms with Gasteiger partial charge in [-0.25, -0.2) is 4.39 Å². The molecule has 2 unspecified atom stereocenters. The van der Waals surface area contributed by atoms with E-state index in [1.807, 2.05) is 13.8 Å². The monoisotopic (exact) mass is 506 g/mol. The van der Waals surface area contributed by atoms with Crippen molar-refractivity contribution in [2.75, 3.05) is 6.61 Å². The summed E-state index contributed by atoms with van der Waals surface area (Å²) in [4.78, 5) is 25.7. The Hall–Kier alpha value is -1.45. The van der Waals surface area contributed by atoms with Crippen LogP contribution in [0.1, 0.15) is 59.3 Å². The highest BCUT2D eigenvalue weighted by atomic mass is 19.1. The van der Waals surface area contributed by atoms with Crippen LogP contribution in [0.4, 0.5) is 4.39 Å². The number of alkyl halides is 1. The summed E-state index contributed by atoms with van der Waals surface area (Å²) in [7, 11) is 0. The Bertz CT molecular complexity index is 992. The number of aliphatic hydroxyl groups excluding tert-OH is 4. The molecule has 36 heavy (non-hydrogen) atoms. The Labute approximate surface area is 211 Å². The lowest BCUT2D eigenvalue weighted by atomic mass is 9.46. The van der Waals surface area contributed by atoms with Crippen molar-refractivity contribution in [3.8, 4) is 0 Å². The van der Waals surface area contributed by atoms with Gasteiger partial charge in [0.05, 0.1) is 12.7 Å². The number of allylic oxidation sites excluding steroid dienone is 4. The second-order valence-corrected chi connectivity index (χ2v) is 12.5. The Morgan fingerprint density at radius 1 is 1.11 bits per heavy atom. The van der Waals surface area contributed by atoms with Gasteiger partial charge >= 0.3 is 0 Å². The van der Waals surface area contributed by atoms with E-state index in [0.717, 1.165) is 12.0 Å². The van der Waals surface area contributed by atoms with Crippen molar-refractivity contribution >= 4 is 11.6 Å². The second-order valence-electron chi connectivity index (χ2n) is 12.5. The number of Topliss-reactive ketones (excluding diaryl/α,β-unsaturated/α-hetero) is 1. The third-order valence-electron chi connectivity index (χ3n) is 10.7. The van der Waals surface area contributed by atoms with E-state index in [4.69, 9.17) is 4.74 Å². The number of halogens is 1. The van der Waals surface area contributed by atoms with Crippen LogP contribution >= 0.6 is 0 Å². The molecule has 200 valence electrons. The maximum absolute atomic E-state index is 17.1. The summed E-state index contributed by atoms with van der Waals surface area (Å²) in [6, 6.07) is 0. The lowest BCUT2D eigenvalue weighted by Gasteiger charge is -2.60. The van der Waals surface area contributed by atoms with E-state index in [9.17, 15) is 30.0 Å². The molecule has 1 heterocycles. The van der Waals surface area contributed by atoms with Crippen molar-refractivity contribution in [2.45, 2.75) is 95.5 Å². The highest BCUT2D eigenvalue weighted by Crippen LogP contribution is 2.69. The summed E-state index contributed by atoms with van der Waals surface area (Å²) in [6.07, 6.45) is 1.14. The first-order chi connectivity index (χ1) is 16.9. The summed E-state index contributed by atoms with van der Waals surface area (Å²) in [6.45, 7) is 5.51. The molecule has 0 aromatic carbocycles. The van der Waals surface area contributed by atoms with E-state index in [1.165, 1.54) is 6.08 Å². The zero-order valence-electron chi connectivity index (χ0n) is 21.3. The number of carbonyl (C=O) groups is 2. The highest BCUT2D eigenvalue weighted by Gasteiger charge is 2.68. The van der Waals surface area contributed by atoms with Gasteiger partial charge in [0.15, 0.2) is 5.78 Å². The molecule has 0 bridgehead atoms. The molecule has 0 amide bonds. The minimum atomic E-state index is -1.51. The molecule has 1 saturated heterocycles. The first kappa shape index (κ1) is 26.2. The molecule has 5 aliphatic rings. The van der Waals surface area contributed by atoms with Crippen LogP contribution in [0.25, 0.3) is 0 Å². The summed E-state index contributed by atoms with van der Waals surface area (Å²) in [5.74, 6) is -0.698. The zero-order chi connectivity index (χ0) is 26.2. The van der Waals surface area contributed by atoms with Gasteiger partial charge in [0, 0.05) is 17.8 Å². The zero-order valence-corrected chi connectivity index (χ0v) is 21.3. The highest BCUT2D eigenvalue weighted by molar-refractivity contribution is 6.01.